The van der Waals surface area contributed by atoms with E-state index in [1.165, 1.54) is 19.1 Å². The largest absolute Gasteiger partial charge is 0.327 e. The molecule has 0 atom stereocenters. The molecule has 3 nitrogen and oxygen atoms in total. The van der Waals surface area contributed by atoms with Crippen LogP contribution in [0, 0.1) is 5.82 Å². The lowest BCUT2D eigenvalue weighted by Crippen LogP contribution is -2.17. The lowest BCUT2D eigenvalue weighted by Gasteiger charge is -2.22. The van der Waals surface area contributed by atoms with Crippen molar-refractivity contribution >= 4 is 17.3 Å². The molecular weight excluding hydrogens is 243 g/mol. The van der Waals surface area contributed by atoms with Crippen molar-refractivity contribution in [3.63, 3.8) is 0 Å². The summed E-state index contributed by atoms with van der Waals surface area (Å²) in [5.41, 5.74) is 1.32. The zero-order valence-corrected chi connectivity index (χ0v) is 10.9. The fraction of sp³-hybridized carbons (Fsp3) is 0.200. The number of carbonyl (C=O) groups excluding carboxylic acids is 1. The molecule has 0 saturated heterocycles. The van der Waals surface area contributed by atoms with Crippen molar-refractivity contribution in [2.24, 2.45) is 0 Å². The summed E-state index contributed by atoms with van der Waals surface area (Å²) in [5, 5.41) is 0. The Balaban J connectivity index is 2.42. The summed E-state index contributed by atoms with van der Waals surface area (Å²) >= 11 is 0. The van der Waals surface area contributed by atoms with E-state index in [2.05, 4.69) is 4.98 Å². The van der Waals surface area contributed by atoms with Crippen molar-refractivity contribution in [2.45, 2.75) is 13.8 Å². The van der Waals surface area contributed by atoms with Crippen LogP contribution in [0.1, 0.15) is 24.2 Å². The predicted molar refractivity (Wildman–Crippen MR) is 73.3 cm³/mol. The van der Waals surface area contributed by atoms with Gasteiger partial charge in [0.15, 0.2) is 5.78 Å². The molecule has 0 aliphatic rings. The molecule has 0 saturated carbocycles. The van der Waals surface area contributed by atoms with Gasteiger partial charge in [0.05, 0.1) is 0 Å². The van der Waals surface area contributed by atoms with Gasteiger partial charge in [0.2, 0.25) is 0 Å². The molecule has 0 unspecified atom stereocenters. The van der Waals surface area contributed by atoms with E-state index in [1.807, 2.05) is 17.9 Å². The molecule has 0 bridgehead atoms. The van der Waals surface area contributed by atoms with Crippen LogP contribution in [0.25, 0.3) is 0 Å². The smallest absolute Gasteiger partial charge is 0.159 e. The van der Waals surface area contributed by atoms with Gasteiger partial charge in [-0.3, -0.25) is 4.79 Å². The molecule has 0 spiro atoms. The topological polar surface area (TPSA) is 33.2 Å². The first-order valence-corrected chi connectivity index (χ1v) is 6.12. The van der Waals surface area contributed by atoms with Gasteiger partial charge in [-0.05, 0) is 44.2 Å². The SMILES string of the molecule is CCN(c1cccc(F)c1)c1cc(C(C)=O)ccn1. The molecule has 0 amide bonds. The second-order valence-electron chi connectivity index (χ2n) is 4.18. The third-order valence-electron chi connectivity index (χ3n) is 2.86. The van der Waals surface area contributed by atoms with Gasteiger partial charge in [0.25, 0.3) is 0 Å². The molecule has 0 N–H and O–H groups in total. The Morgan fingerprint density at radius 3 is 2.74 bits per heavy atom. The van der Waals surface area contributed by atoms with E-state index in [4.69, 9.17) is 0 Å². The maximum Gasteiger partial charge on any atom is 0.159 e. The minimum absolute atomic E-state index is 0.0149. The van der Waals surface area contributed by atoms with E-state index in [1.54, 1.807) is 24.4 Å². The van der Waals surface area contributed by atoms with Gasteiger partial charge in [0, 0.05) is 24.0 Å². The third kappa shape index (κ3) is 2.96. The number of hydrogen-bond donors (Lipinski definition) is 0. The summed E-state index contributed by atoms with van der Waals surface area (Å²) < 4.78 is 13.3. The number of rotatable bonds is 4. The highest BCUT2D eigenvalue weighted by Gasteiger charge is 2.11. The van der Waals surface area contributed by atoms with Crippen LogP contribution in [0.15, 0.2) is 42.6 Å². The molecule has 1 aromatic carbocycles. The highest BCUT2D eigenvalue weighted by atomic mass is 19.1. The Hall–Kier alpha value is -2.23. The number of hydrogen-bond acceptors (Lipinski definition) is 3. The Morgan fingerprint density at radius 2 is 2.11 bits per heavy atom. The van der Waals surface area contributed by atoms with Crippen LogP contribution in [0.2, 0.25) is 0 Å². The van der Waals surface area contributed by atoms with E-state index >= 15 is 0 Å². The first-order chi connectivity index (χ1) is 9.11. The zero-order valence-electron chi connectivity index (χ0n) is 10.9. The van der Waals surface area contributed by atoms with E-state index in [0.29, 0.717) is 17.9 Å². The van der Waals surface area contributed by atoms with Crippen LogP contribution in [0.5, 0.6) is 0 Å². The molecule has 19 heavy (non-hydrogen) atoms. The third-order valence-corrected chi connectivity index (χ3v) is 2.86. The van der Waals surface area contributed by atoms with Gasteiger partial charge in [-0.2, -0.15) is 0 Å². The second-order valence-corrected chi connectivity index (χ2v) is 4.18. The first kappa shape index (κ1) is 13.2. The van der Waals surface area contributed by atoms with Crippen molar-refractivity contribution in [3.8, 4) is 0 Å². The van der Waals surface area contributed by atoms with Crippen LogP contribution >= 0.6 is 0 Å². The number of nitrogens with zero attached hydrogens (tertiary/aromatic N) is 2. The summed E-state index contributed by atoms with van der Waals surface area (Å²) in [5.74, 6) is 0.332. The predicted octanol–water partition coefficient (Wildman–Crippen LogP) is 3.58. The molecule has 1 heterocycles. The van der Waals surface area contributed by atoms with Crippen molar-refractivity contribution in [1.82, 2.24) is 4.98 Å². The van der Waals surface area contributed by atoms with E-state index < -0.39 is 0 Å². The molecule has 2 rings (SSSR count). The number of aromatic nitrogens is 1. The summed E-state index contributed by atoms with van der Waals surface area (Å²) in [6.45, 7) is 4.10. The van der Waals surface area contributed by atoms with E-state index in [-0.39, 0.29) is 11.6 Å². The molecule has 1 aromatic heterocycles. The van der Waals surface area contributed by atoms with Crippen molar-refractivity contribution in [3.05, 3.63) is 54.0 Å². The van der Waals surface area contributed by atoms with Crippen molar-refractivity contribution in [1.29, 1.82) is 0 Å². The number of ketones is 1. The Kier molecular flexibility index (Phi) is 3.90. The van der Waals surface area contributed by atoms with Crippen molar-refractivity contribution in [2.75, 3.05) is 11.4 Å². The Morgan fingerprint density at radius 1 is 1.32 bits per heavy atom. The standard InChI is InChI=1S/C15H15FN2O/c1-3-18(14-6-4-5-13(16)10-14)15-9-12(11(2)19)7-8-17-15/h4-10H,3H2,1-2H3. The lowest BCUT2D eigenvalue weighted by atomic mass is 10.2. The van der Waals surface area contributed by atoms with Crippen LogP contribution < -0.4 is 4.90 Å². The van der Waals surface area contributed by atoms with Crippen LogP contribution in [0.4, 0.5) is 15.9 Å². The number of benzene rings is 1. The Bertz CT molecular complexity index is 598. The van der Waals surface area contributed by atoms with Gasteiger partial charge in [-0.1, -0.05) is 6.07 Å². The second kappa shape index (κ2) is 5.61. The first-order valence-electron chi connectivity index (χ1n) is 6.12. The van der Waals surface area contributed by atoms with Crippen LogP contribution in [0.3, 0.4) is 0 Å². The quantitative estimate of drug-likeness (QED) is 0.786. The molecule has 2 aromatic rings. The van der Waals surface area contributed by atoms with Crippen LogP contribution in [-0.4, -0.2) is 17.3 Å². The average Bonchev–Trinajstić information content (AvgIpc) is 2.40. The molecule has 98 valence electrons. The van der Waals surface area contributed by atoms with Gasteiger partial charge >= 0.3 is 0 Å². The number of anilines is 2. The molecule has 0 radical (unpaired) electrons. The normalized spacial score (nSPS) is 10.3. The summed E-state index contributed by atoms with van der Waals surface area (Å²) in [4.78, 5) is 17.5. The minimum atomic E-state index is -0.293. The van der Waals surface area contributed by atoms with E-state index in [9.17, 15) is 9.18 Å². The average molecular weight is 258 g/mol. The highest BCUT2D eigenvalue weighted by Crippen LogP contribution is 2.24. The molecule has 4 heteroatoms. The monoisotopic (exact) mass is 258 g/mol. The number of Topliss-reactive ketones (excluding diaryl/α,β-unsaturated/α-hetero) is 1. The maximum atomic E-state index is 13.3. The van der Waals surface area contributed by atoms with Gasteiger partial charge < -0.3 is 4.90 Å². The van der Waals surface area contributed by atoms with Crippen molar-refractivity contribution < 1.29 is 9.18 Å². The fourth-order valence-electron chi connectivity index (χ4n) is 1.91. The number of halogens is 1. The van der Waals surface area contributed by atoms with Gasteiger partial charge in [-0.15, -0.1) is 0 Å². The molecule has 0 aliphatic carbocycles. The molecule has 0 aliphatic heterocycles. The summed E-state index contributed by atoms with van der Waals surface area (Å²) in [6, 6.07) is 9.71. The summed E-state index contributed by atoms with van der Waals surface area (Å²) in [7, 11) is 0. The minimum Gasteiger partial charge on any atom is -0.327 e. The lowest BCUT2D eigenvalue weighted by molar-refractivity contribution is 0.101. The number of pyridine rings is 1. The van der Waals surface area contributed by atoms with Gasteiger partial charge in [-0.25, -0.2) is 9.37 Å². The van der Waals surface area contributed by atoms with E-state index in [0.717, 1.165) is 5.69 Å². The summed E-state index contributed by atoms with van der Waals surface area (Å²) in [6.07, 6.45) is 1.59. The number of carbonyl (C=O) groups is 1. The van der Waals surface area contributed by atoms with Gasteiger partial charge in [0.1, 0.15) is 11.6 Å². The molecular formula is C15H15FN2O. The molecule has 0 fully saturated rings. The highest BCUT2D eigenvalue weighted by molar-refractivity contribution is 5.94. The van der Waals surface area contributed by atoms with Crippen LogP contribution in [-0.2, 0) is 0 Å². The Labute approximate surface area is 111 Å². The maximum absolute atomic E-state index is 13.3. The fourth-order valence-corrected chi connectivity index (χ4v) is 1.91. The zero-order chi connectivity index (χ0) is 13.8.